The molecule has 2 unspecified atom stereocenters. The molecule has 3 nitrogen and oxygen atoms in total. The molecule has 1 spiro atoms. The van der Waals surface area contributed by atoms with Crippen LogP contribution in [0.3, 0.4) is 0 Å². The topological polar surface area (TPSA) is 34.2 Å². The molecule has 0 aromatic carbocycles. The Morgan fingerprint density at radius 2 is 2.19 bits per heavy atom. The molecule has 0 bridgehead atoms. The second-order valence-corrected chi connectivity index (χ2v) is 7.62. The maximum absolute atomic E-state index is 6.23. The summed E-state index contributed by atoms with van der Waals surface area (Å²) in [5.74, 6) is 3.16. The summed E-state index contributed by atoms with van der Waals surface area (Å²) in [4.78, 5) is 4.47. The van der Waals surface area contributed by atoms with Crippen LogP contribution in [0.25, 0.3) is 0 Å². The van der Waals surface area contributed by atoms with Gasteiger partial charge in [-0.25, -0.2) is 0 Å². The highest BCUT2D eigenvalue weighted by Gasteiger charge is 2.41. The number of hydrogen-bond acceptors (Lipinski definition) is 4. The summed E-state index contributed by atoms with van der Waals surface area (Å²) >= 11 is 2.07. The summed E-state index contributed by atoms with van der Waals surface area (Å²) in [6.07, 6.45) is 6.81. The van der Waals surface area contributed by atoms with Crippen molar-refractivity contribution >= 4 is 11.8 Å². The number of aryl methyl sites for hydroxylation is 1. The summed E-state index contributed by atoms with van der Waals surface area (Å²) in [7, 11) is 2.07. The van der Waals surface area contributed by atoms with Gasteiger partial charge in [0.25, 0.3) is 0 Å². The smallest absolute Gasteiger partial charge is 0.0701 e. The summed E-state index contributed by atoms with van der Waals surface area (Å²) in [6, 6.07) is 4.74. The number of ether oxygens (including phenoxy) is 1. The third-order valence-corrected chi connectivity index (χ3v) is 6.00. The quantitative estimate of drug-likeness (QED) is 0.929. The Kier molecular flexibility index (Phi) is 4.87. The molecule has 0 radical (unpaired) electrons. The van der Waals surface area contributed by atoms with Crippen molar-refractivity contribution in [2.75, 3.05) is 25.2 Å². The van der Waals surface area contributed by atoms with E-state index in [1.54, 1.807) is 0 Å². The van der Waals surface area contributed by atoms with Crippen LogP contribution in [0.2, 0.25) is 0 Å². The Bertz CT molecular complexity index is 451. The maximum Gasteiger partial charge on any atom is 0.0701 e. The molecule has 0 amide bonds. The van der Waals surface area contributed by atoms with Crippen LogP contribution in [0.15, 0.2) is 18.3 Å². The van der Waals surface area contributed by atoms with Crippen LogP contribution in [0.1, 0.15) is 43.0 Å². The van der Waals surface area contributed by atoms with Crippen LogP contribution in [0, 0.1) is 12.8 Å². The fraction of sp³-hybridized carbons (Fsp3) is 0.706. The van der Waals surface area contributed by atoms with Crippen LogP contribution in [-0.4, -0.2) is 35.7 Å². The summed E-state index contributed by atoms with van der Waals surface area (Å²) in [5, 5.41) is 3.53. The highest BCUT2D eigenvalue weighted by atomic mass is 32.2. The molecule has 4 heteroatoms. The molecule has 1 aromatic heterocycles. The molecule has 2 aliphatic heterocycles. The monoisotopic (exact) mass is 306 g/mol. The van der Waals surface area contributed by atoms with Crippen LogP contribution < -0.4 is 5.32 Å². The Morgan fingerprint density at radius 3 is 2.86 bits per heavy atom. The lowest BCUT2D eigenvalue weighted by Crippen LogP contribution is -2.45. The summed E-state index contributed by atoms with van der Waals surface area (Å²) in [6.45, 7) is 2.95. The van der Waals surface area contributed by atoms with Crippen molar-refractivity contribution in [3.63, 3.8) is 0 Å². The van der Waals surface area contributed by atoms with Gasteiger partial charge in [-0.15, -0.1) is 0 Å². The minimum atomic E-state index is 0.154. The number of pyridine rings is 1. The van der Waals surface area contributed by atoms with Gasteiger partial charge in [0.2, 0.25) is 0 Å². The normalized spacial score (nSPS) is 26.7. The van der Waals surface area contributed by atoms with Gasteiger partial charge in [-0.3, -0.25) is 4.98 Å². The second-order valence-electron chi connectivity index (χ2n) is 6.40. The van der Waals surface area contributed by atoms with Gasteiger partial charge in [-0.1, -0.05) is 6.07 Å². The van der Waals surface area contributed by atoms with Crippen molar-refractivity contribution < 1.29 is 4.74 Å². The Morgan fingerprint density at radius 1 is 1.38 bits per heavy atom. The van der Waals surface area contributed by atoms with E-state index in [1.807, 2.05) is 13.1 Å². The van der Waals surface area contributed by atoms with Gasteiger partial charge in [0.05, 0.1) is 5.60 Å². The van der Waals surface area contributed by atoms with Crippen LogP contribution in [-0.2, 0) is 4.74 Å². The van der Waals surface area contributed by atoms with E-state index in [0.29, 0.717) is 12.0 Å². The first kappa shape index (κ1) is 15.3. The number of nitrogens with zero attached hydrogens (tertiary/aromatic N) is 1. The van der Waals surface area contributed by atoms with Gasteiger partial charge in [0.1, 0.15) is 0 Å². The lowest BCUT2D eigenvalue weighted by atomic mass is 9.77. The van der Waals surface area contributed by atoms with Crippen molar-refractivity contribution in [1.29, 1.82) is 0 Å². The second kappa shape index (κ2) is 6.67. The first-order chi connectivity index (χ1) is 10.2. The highest BCUT2D eigenvalue weighted by molar-refractivity contribution is 7.99. The third-order valence-electron chi connectivity index (χ3n) is 5.01. The first-order valence-corrected chi connectivity index (χ1v) is 9.19. The molecule has 1 aromatic rings. The number of aromatic nitrogens is 1. The third kappa shape index (κ3) is 3.43. The first-order valence-electron chi connectivity index (χ1n) is 8.04. The van der Waals surface area contributed by atoms with Crippen molar-refractivity contribution in [2.45, 2.75) is 44.2 Å². The standard InChI is InChI=1S/C17H26N2OS/c1-13-3-4-15(12-19-13)16(18-2)14-5-8-20-17(11-14)6-9-21-10-7-17/h3-4,12,14,16,18H,5-11H2,1-2H3. The van der Waals surface area contributed by atoms with Crippen LogP contribution in [0.5, 0.6) is 0 Å². The molecule has 0 aliphatic carbocycles. The van der Waals surface area contributed by atoms with E-state index in [2.05, 4.69) is 41.2 Å². The Labute approximate surface area is 132 Å². The Balaban J connectivity index is 1.75. The van der Waals surface area contributed by atoms with E-state index in [4.69, 9.17) is 4.74 Å². The Hall–Kier alpha value is -0.580. The number of thioether (sulfide) groups is 1. The number of nitrogens with one attached hydrogen (secondary N) is 1. The predicted molar refractivity (Wildman–Crippen MR) is 88.7 cm³/mol. The molecular weight excluding hydrogens is 280 g/mol. The fourth-order valence-corrected chi connectivity index (χ4v) is 5.02. The minimum Gasteiger partial charge on any atom is -0.375 e. The molecule has 3 rings (SSSR count). The molecule has 2 saturated heterocycles. The lowest BCUT2D eigenvalue weighted by Gasteiger charge is -2.45. The molecule has 21 heavy (non-hydrogen) atoms. The number of hydrogen-bond donors (Lipinski definition) is 1. The number of rotatable bonds is 3. The highest BCUT2D eigenvalue weighted by Crippen LogP contribution is 2.43. The van der Waals surface area contributed by atoms with E-state index < -0.39 is 0 Å². The zero-order valence-electron chi connectivity index (χ0n) is 13.1. The van der Waals surface area contributed by atoms with Crippen LogP contribution >= 0.6 is 11.8 Å². The van der Waals surface area contributed by atoms with Crippen molar-refractivity contribution in [1.82, 2.24) is 10.3 Å². The molecular formula is C17H26N2OS. The van der Waals surface area contributed by atoms with E-state index >= 15 is 0 Å². The summed E-state index contributed by atoms with van der Waals surface area (Å²) < 4.78 is 6.23. The van der Waals surface area contributed by atoms with Gasteiger partial charge in [-0.2, -0.15) is 11.8 Å². The van der Waals surface area contributed by atoms with E-state index in [0.717, 1.165) is 18.7 Å². The SMILES string of the molecule is CNC(c1ccc(C)nc1)C1CCOC2(CCSCC2)C1. The molecule has 116 valence electrons. The van der Waals surface area contributed by atoms with Gasteiger partial charge in [0, 0.05) is 24.5 Å². The van der Waals surface area contributed by atoms with Gasteiger partial charge in [0.15, 0.2) is 0 Å². The molecule has 3 heterocycles. The molecule has 1 N–H and O–H groups in total. The van der Waals surface area contributed by atoms with E-state index in [-0.39, 0.29) is 5.60 Å². The lowest BCUT2D eigenvalue weighted by molar-refractivity contribution is -0.107. The molecule has 0 saturated carbocycles. The largest absolute Gasteiger partial charge is 0.375 e. The summed E-state index contributed by atoms with van der Waals surface area (Å²) in [5.41, 5.74) is 2.55. The van der Waals surface area contributed by atoms with Crippen molar-refractivity contribution in [3.05, 3.63) is 29.6 Å². The van der Waals surface area contributed by atoms with Crippen molar-refractivity contribution in [2.24, 2.45) is 5.92 Å². The van der Waals surface area contributed by atoms with Crippen molar-refractivity contribution in [3.8, 4) is 0 Å². The zero-order valence-corrected chi connectivity index (χ0v) is 13.9. The zero-order chi connectivity index (χ0) is 14.7. The average Bonchev–Trinajstić information content (AvgIpc) is 2.51. The average molecular weight is 306 g/mol. The maximum atomic E-state index is 6.23. The van der Waals surface area contributed by atoms with E-state index in [1.165, 1.54) is 36.3 Å². The van der Waals surface area contributed by atoms with Gasteiger partial charge in [-0.05, 0) is 68.7 Å². The molecule has 2 aliphatic rings. The predicted octanol–water partition coefficient (Wildman–Crippen LogP) is 3.34. The minimum absolute atomic E-state index is 0.154. The molecule has 2 fully saturated rings. The van der Waals surface area contributed by atoms with Gasteiger partial charge < -0.3 is 10.1 Å². The fourth-order valence-electron chi connectivity index (χ4n) is 3.78. The van der Waals surface area contributed by atoms with Crippen LogP contribution in [0.4, 0.5) is 0 Å². The van der Waals surface area contributed by atoms with Gasteiger partial charge >= 0.3 is 0 Å². The molecule has 2 atom stereocenters. The van der Waals surface area contributed by atoms with E-state index in [9.17, 15) is 0 Å².